The summed E-state index contributed by atoms with van der Waals surface area (Å²) in [6.45, 7) is 6.09. The normalized spacial score (nSPS) is 15.0. The molecule has 1 aromatic heterocycles. The van der Waals surface area contributed by atoms with Gasteiger partial charge in [-0.05, 0) is 63.6 Å². The van der Waals surface area contributed by atoms with Gasteiger partial charge < -0.3 is 14.2 Å². The highest BCUT2D eigenvalue weighted by Crippen LogP contribution is 2.37. The molecule has 0 bridgehead atoms. The molecule has 7 heteroatoms. The first-order valence-corrected chi connectivity index (χ1v) is 9.36. The molecule has 0 N–H and O–H groups in total. The Morgan fingerprint density at radius 2 is 2.27 bits per heavy atom. The molecule has 0 aliphatic carbocycles. The van der Waals surface area contributed by atoms with Crippen LogP contribution in [0.2, 0.25) is 0 Å². The van der Waals surface area contributed by atoms with Crippen molar-refractivity contribution < 1.29 is 19.0 Å². The lowest BCUT2D eigenvalue weighted by Gasteiger charge is -2.13. The number of esters is 1. The zero-order valence-electron chi connectivity index (χ0n) is 14.2. The molecule has 0 saturated heterocycles. The van der Waals surface area contributed by atoms with Crippen molar-refractivity contribution in [3.8, 4) is 11.5 Å². The van der Waals surface area contributed by atoms with E-state index >= 15 is 0 Å². The molecule has 3 rings (SSSR count). The van der Waals surface area contributed by atoms with Gasteiger partial charge in [0.25, 0.3) is 0 Å². The van der Waals surface area contributed by atoms with Crippen molar-refractivity contribution in [2.24, 2.45) is 4.99 Å². The lowest BCUT2D eigenvalue weighted by molar-refractivity contribution is -0.129. The van der Waals surface area contributed by atoms with Gasteiger partial charge in [-0.1, -0.05) is 12.6 Å². The molecule has 0 spiro atoms. The number of methoxy groups -OCH3 is 1. The maximum absolute atomic E-state index is 12.1. The topological polar surface area (TPSA) is 57.1 Å². The number of benzene rings is 1. The lowest BCUT2D eigenvalue weighted by atomic mass is 10.1. The SMILES string of the molecule is C=C(C)COc1c(Br)cc(/C=C2\N=C(c3cccs3)OC2=O)cc1OC. The van der Waals surface area contributed by atoms with Crippen molar-refractivity contribution in [2.45, 2.75) is 6.92 Å². The van der Waals surface area contributed by atoms with Crippen LogP contribution in [0.4, 0.5) is 0 Å². The van der Waals surface area contributed by atoms with E-state index in [1.807, 2.05) is 30.5 Å². The Morgan fingerprint density at radius 1 is 1.46 bits per heavy atom. The number of aliphatic imine (C=N–C) groups is 1. The first-order valence-electron chi connectivity index (χ1n) is 7.69. The molecule has 2 aromatic rings. The average molecular weight is 434 g/mol. The van der Waals surface area contributed by atoms with Gasteiger partial charge in [-0.3, -0.25) is 0 Å². The number of carbonyl (C=O) groups excluding carboxylic acids is 1. The smallest absolute Gasteiger partial charge is 0.363 e. The molecule has 0 atom stereocenters. The number of thiophene rings is 1. The van der Waals surface area contributed by atoms with Gasteiger partial charge in [0.2, 0.25) is 5.90 Å². The van der Waals surface area contributed by atoms with Gasteiger partial charge in [-0.25, -0.2) is 9.79 Å². The summed E-state index contributed by atoms with van der Waals surface area (Å²) in [7, 11) is 1.56. The second-order valence-electron chi connectivity index (χ2n) is 5.59. The first kappa shape index (κ1) is 18.4. The van der Waals surface area contributed by atoms with Crippen LogP contribution in [0.1, 0.15) is 17.4 Å². The number of cyclic esters (lactones) is 1. The second kappa shape index (κ2) is 7.88. The maximum atomic E-state index is 12.1. The van der Waals surface area contributed by atoms with E-state index in [2.05, 4.69) is 27.5 Å². The third-order valence-corrected chi connectivity index (χ3v) is 4.82. The van der Waals surface area contributed by atoms with E-state index in [1.54, 1.807) is 19.3 Å². The van der Waals surface area contributed by atoms with Crippen molar-refractivity contribution in [2.75, 3.05) is 13.7 Å². The third-order valence-electron chi connectivity index (χ3n) is 3.37. The predicted octanol–water partition coefficient (Wildman–Crippen LogP) is 4.82. The van der Waals surface area contributed by atoms with E-state index in [0.717, 1.165) is 16.0 Å². The second-order valence-corrected chi connectivity index (χ2v) is 7.40. The monoisotopic (exact) mass is 433 g/mol. The van der Waals surface area contributed by atoms with Crippen LogP contribution in [0, 0.1) is 0 Å². The Bertz CT molecular complexity index is 916. The van der Waals surface area contributed by atoms with Gasteiger partial charge in [-0.2, -0.15) is 0 Å². The summed E-state index contributed by atoms with van der Waals surface area (Å²) in [5.74, 6) is 0.963. The minimum Gasteiger partial charge on any atom is -0.493 e. The first-order chi connectivity index (χ1) is 12.5. The molecular formula is C19H16BrNO4S. The fraction of sp³-hybridized carbons (Fsp3) is 0.158. The number of ether oxygens (including phenoxy) is 3. The Morgan fingerprint density at radius 3 is 2.92 bits per heavy atom. The quantitative estimate of drug-likeness (QED) is 0.372. The van der Waals surface area contributed by atoms with E-state index < -0.39 is 5.97 Å². The van der Waals surface area contributed by atoms with Gasteiger partial charge >= 0.3 is 5.97 Å². The predicted molar refractivity (Wildman–Crippen MR) is 106 cm³/mol. The molecule has 0 unspecified atom stereocenters. The average Bonchev–Trinajstić information content (AvgIpc) is 3.23. The van der Waals surface area contributed by atoms with Crippen molar-refractivity contribution in [3.05, 3.63) is 62.4 Å². The molecule has 1 aliphatic rings. The van der Waals surface area contributed by atoms with Crippen LogP contribution in [-0.4, -0.2) is 25.6 Å². The van der Waals surface area contributed by atoms with E-state index in [0.29, 0.717) is 28.5 Å². The van der Waals surface area contributed by atoms with Crippen LogP contribution in [0.25, 0.3) is 6.08 Å². The summed E-state index contributed by atoms with van der Waals surface area (Å²) >= 11 is 4.94. The molecule has 2 heterocycles. The summed E-state index contributed by atoms with van der Waals surface area (Å²) in [5, 5.41) is 1.90. The molecule has 0 amide bonds. The van der Waals surface area contributed by atoms with Crippen LogP contribution in [-0.2, 0) is 9.53 Å². The van der Waals surface area contributed by atoms with E-state index in [1.165, 1.54) is 11.3 Å². The molecule has 0 fully saturated rings. The molecule has 134 valence electrons. The van der Waals surface area contributed by atoms with Crippen LogP contribution >= 0.6 is 27.3 Å². The summed E-state index contributed by atoms with van der Waals surface area (Å²) < 4.78 is 17.1. The zero-order valence-corrected chi connectivity index (χ0v) is 16.6. The van der Waals surface area contributed by atoms with Crippen LogP contribution in [0.5, 0.6) is 11.5 Å². The number of rotatable bonds is 6. The number of halogens is 1. The molecule has 26 heavy (non-hydrogen) atoms. The van der Waals surface area contributed by atoms with Crippen molar-refractivity contribution in [3.63, 3.8) is 0 Å². The Labute approximate surface area is 163 Å². The highest BCUT2D eigenvalue weighted by Gasteiger charge is 2.25. The Balaban J connectivity index is 1.92. The van der Waals surface area contributed by atoms with Crippen molar-refractivity contribution >= 4 is 45.2 Å². The Hall–Kier alpha value is -2.38. The number of hydrogen-bond donors (Lipinski definition) is 0. The van der Waals surface area contributed by atoms with Crippen LogP contribution in [0.3, 0.4) is 0 Å². The van der Waals surface area contributed by atoms with E-state index in [9.17, 15) is 4.79 Å². The van der Waals surface area contributed by atoms with Gasteiger partial charge in [0, 0.05) is 0 Å². The molecule has 5 nitrogen and oxygen atoms in total. The third kappa shape index (κ3) is 4.05. The standard InChI is InChI=1S/C19H16BrNO4S/c1-11(2)10-24-17-13(20)7-12(9-15(17)23-3)8-14-19(22)25-18(21-14)16-5-4-6-26-16/h4-9H,1,10H2,2-3H3/b14-8-. The zero-order chi connectivity index (χ0) is 18.7. The fourth-order valence-electron chi connectivity index (χ4n) is 2.23. The molecule has 1 aromatic carbocycles. The van der Waals surface area contributed by atoms with E-state index in [-0.39, 0.29) is 5.70 Å². The molecule has 0 saturated carbocycles. The summed E-state index contributed by atoms with van der Waals surface area (Å²) in [4.78, 5) is 17.2. The van der Waals surface area contributed by atoms with Crippen molar-refractivity contribution in [1.29, 1.82) is 0 Å². The van der Waals surface area contributed by atoms with Gasteiger partial charge in [0.1, 0.15) is 6.61 Å². The number of nitrogens with zero attached hydrogens (tertiary/aromatic N) is 1. The number of carbonyl (C=O) groups is 1. The Kier molecular flexibility index (Phi) is 5.58. The highest BCUT2D eigenvalue weighted by molar-refractivity contribution is 9.10. The van der Waals surface area contributed by atoms with Crippen molar-refractivity contribution in [1.82, 2.24) is 0 Å². The molecular weight excluding hydrogens is 418 g/mol. The molecule has 0 radical (unpaired) electrons. The lowest BCUT2D eigenvalue weighted by Crippen LogP contribution is -2.03. The minimum absolute atomic E-state index is 0.234. The number of hydrogen-bond acceptors (Lipinski definition) is 6. The highest BCUT2D eigenvalue weighted by atomic mass is 79.9. The van der Waals surface area contributed by atoms with Gasteiger partial charge in [0.05, 0.1) is 16.5 Å². The summed E-state index contributed by atoms with van der Waals surface area (Å²) in [6.07, 6.45) is 1.65. The largest absolute Gasteiger partial charge is 0.493 e. The van der Waals surface area contributed by atoms with Crippen LogP contribution in [0.15, 0.2) is 57.0 Å². The minimum atomic E-state index is -0.480. The van der Waals surface area contributed by atoms with Crippen LogP contribution < -0.4 is 9.47 Å². The maximum Gasteiger partial charge on any atom is 0.363 e. The van der Waals surface area contributed by atoms with E-state index in [4.69, 9.17) is 14.2 Å². The molecule has 1 aliphatic heterocycles. The fourth-order valence-corrected chi connectivity index (χ4v) is 3.45. The van der Waals surface area contributed by atoms with Gasteiger partial charge in [0.15, 0.2) is 17.2 Å². The summed E-state index contributed by atoms with van der Waals surface area (Å²) in [5.41, 5.74) is 1.87. The van der Waals surface area contributed by atoms with Gasteiger partial charge in [-0.15, -0.1) is 11.3 Å². The summed E-state index contributed by atoms with van der Waals surface area (Å²) in [6, 6.07) is 7.34.